The third-order valence-corrected chi connectivity index (χ3v) is 5.32. The number of nitrogens with one attached hydrogen (secondary N) is 1. The molecule has 2 aromatic carbocycles. The molecule has 0 aromatic heterocycles. The summed E-state index contributed by atoms with van der Waals surface area (Å²) in [5.41, 5.74) is 2.82. The minimum absolute atomic E-state index is 0.164. The number of nitrogens with zero attached hydrogens (tertiary/aromatic N) is 1. The van der Waals surface area contributed by atoms with Crippen molar-refractivity contribution in [1.29, 1.82) is 0 Å². The van der Waals surface area contributed by atoms with Gasteiger partial charge in [0.25, 0.3) is 0 Å². The summed E-state index contributed by atoms with van der Waals surface area (Å²) in [5, 5.41) is 3.39. The van der Waals surface area contributed by atoms with Crippen LogP contribution in [0.1, 0.15) is 30.9 Å². The predicted molar refractivity (Wildman–Crippen MR) is 110 cm³/mol. The summed E-state index contributed by atoms with van der Waals surface area (Å²) in [6.45, 7) is 3.52. The fourth-order valence-electron chi connectivity index (χ4n) is 3.39. The zero-order chi connectivity index (χ0) is 19.9. The van der Waals surface area contributed by atoms with E-state index in [1.807, 2.05) is 41.3 Å². The Labute approximate surface area is 170 Å². The second-order valence-corrected chi connectivity index (χ2v) is 7.61. The highest BCUT2D eigenvalue weighted by atomic mass is 35.5. The van der Waals surface area contributed by atoms with Crippen LogP contribution < -0.4 is 5.32 Å². The number of rotatable bonds is 5. The van der Waals surface area contributed by atoms with Gasteiger partial charge in [-0.15, -0.1) is 0 Å². The zero-order valence-electron chi connectivity index (χ0n) is 16.0. The molecule has 0 spiro atoms. The summed E-state index contributed by atoms with van der Waals surface area (Å²) >= 11 is 5.84. The minimum Gasteiger partial charge on any atom is -0.444 e. The van der Waals surface area contributed by atoms with Crippen LogP contribution >= 0.6 is 11.6 Å². The van der Waals surface area contributed by atoms with E-state index in [4.69, 9.17) is 16.3 Å². The van der Waals surface area contributed by atoms with E-state index in [-0.39, 0.29) is 12.5 Å². The summed E-state index contributed by atoms with van der Waals surface area (Å²) in [7, 11) is 0. The molecule has 2 amide bonds. The van der Waals surface area contributed by atoms with Gasteiger partial charge >= 0.3 is 6.09 Å². The van der Waals surface area contributed by atoms with Crippen LogP contribution in [-0.2, 0) is 22.6 Å². The van der Waals surface area contributed by atoms with Crippen LogP contribution in [0.15, 0.2) is 48.5 Å². The average molecular weight is 401 g/mol. The van der Waals surface area contributed by atoms with E-state index in [2.05, 4.69) is 5.32 Å². The van der Waals surface area contributed by atoms with Gasteiger partial charge in [-0.1, -0.05) is 35.9 Å². The summed E-state index contributed by atoms with van der Waals surface area (Å²) < 4.78 is 5.23. The van der Waals surface area contributed by atoms with Crippen LogP contribution in [0.3, 0.4) is 0 Å². The second-order valence-electron chi connectivity index (χ2n) is 7.18. The van der Waals surface area contributed by atoms with Crippen molar-refractivity contribution in [2.24, 2.45) is 5.92 Å². The molecule has 3 rings (SSSR count). The lowest BCUT2D eigenvalue weighted by Gasteiger charge is -2.31. The number of benzene rings is 2. The fourth-order valence-corrected chi connectivity index (χ4v) is 3.52. The van der Waals surface area contributed by atoms with E-state index in [1.54, 1.807) is 19.1 Å². The van der Waals surface area contributed by atoms with Crippen molar-refractivity contribution in [3.8, 4) is 0 Å². The maximum absolute atomic E-state index is 11.9. The third-order valence-electron chi connectivity index (χ3n) is 5.07. The van der Waals surface area contributed by atoms with Gasteiger partial charge in [0.1, 0.15) is 6.61 Å². The Morgan fingerprint density at radius 3 is 2.25 bits per heavy atom. The van der Waals surface area contributed by atoms with E-state index >= 15 is 0 Å². The standard InChI is InChI=1S/C22H25ClN2O3/c1-16(26)25-12-10-18(11-13-25)14-17-4-8-21(9-5-17)24-22(27)28-15-19-2-6-20(23)7-3-19/h2-9,18H,10-15H2,1H3,(H,24,27). The first-order valence-electron chi connectivity index (χ1n) is 9.52. The van der Waals surface area contributed by atoms with Crippen molar-refractivity contribution in [3.63, 3.8) is 0 Å². The molecule has 1 fully saturated rings. The summed E-state index contributed by atoms with van der Waals surface area (Å²) in [6, 6.07) is 15.0. The number of piperidine rings is 1. The molecule has 0 aliphatic carbocycles. The van der Waals surface area contributed by atoms with Gasteiger partial charge in [-0.05, 0) is 60.6 Å². The monoisotopic (exact) mass is 400 g/mol. The molecular weight excluding hydrogens is 376 g/mol. The highest BCUT2D eigenvalue weighted by Crippen LogP contribution is 2.22. The zero-order valence-corrected chi connectivity index (χ0v) is 16.7. The maximum atomic E-state index is 11.9. The topological polar surface area (TPSA) is 58.6 Å². The number of halogens is 1. The summed E-state index contributed by atoms with van der Waals surface area (Å²) in [4.78, 5) is 25.3. The van der Waals surface area contributed by atoms with Crippen molar-refractivity contribution in [2.45, 2.75) is 32.8 Å². The van der Waals surface area contributed by atoms with E-state index < -0.39 is 6.09 Å². The van der Waals surface area contributed by atoms with Crippen molar-refractivity contribution in [1.82, 2.24) is 4.90 Å². The summed E-state index contributed by atoms with van der Waals surface area (Å²) in [6.07, 6.45) is 2.58. The van der Waals surface area contributed by atoms with Gasteiger partial charge in [-0.25, -0.2) is 4.79 Å². The molecule has 0 unspecified atom stereocenters. The quantitative estimate of drug-likeness (QED) is 0.777. The lowest BCUT2D eigenvalue weighted by atomic mass is 9.90. The van der Waals surface area contributed by atoms with Crippen molar-refractivity contribution in [2.75, 3.05) is 18.4 Å². The molecule has 1 aliphatic heterocycles. The number of amides is 2. The molecule has 6 heteroatoms. The smallest absolute Gasteiger partial charge is 0.411 e. The van der Waals surface area contributed by atoms with Crippen LogP contribution in [0, 0.1) is 5.92 Å². The molecule has 1 saturated heterocycles. The summed E-state index contributed by atoms with van der Waals surface area (Å²) in [5.74, 6) is 0.760. The maximum Gasteiger partial charge on any atom is 0.411 e. The van der Waals surface area contributed by atoms with Crippen LogP contribution in [0.25, 0.3) is 0 Å². The predicted octanol–water partition coefficient (Wildman–Crippen LogP) is 4.89. The number of carbonyl (C=O) groups is 2. The second kappa shape index (κ2) is 9.60. The normalized spacial score (nSPS) is 14.6. The molecule has 1 heterocycles. The van der Waals surface area contributed by atoms with Gasteiger partial charge in [-0.3, -0.25) is 10.1 Å². The molecule has 5 nitrogen and oxygen atoms in total. The van der Waals surface area contributed by atoms with Gasteiger partial charge in [-0.2, -0.15) is 0 Å². The van der Waals surface area contributed by atoms with Gasteiger partial charge in [0, 0.05) is 30.7 Å². The lowest BCUT2D eigenvalue weighted by molar-refractivity contribution is -0.130. The molecule has 2 aromatic rings. The number of anilines is 1. The van der Waals surface area contributed by atoms with Gasteiger partial charge in [0.15, 0.2) is 0 Å². The van der Waals surface area contributed by atoms with E-state index in [1.165, 1.54) is 5.56 Å². The van der Waals surface area contributed by atoms with Crippen LogP contribution in [0.5, 0.6) is 0 Å². The number of ether oxygens (including phenoxy) is 1. The molecule has 28 heavy (non-hydrogen) atoms. The van der Waals surface area contributed by atoms with Crippen LogP contribution in [0.2, 0.25) is 5.02 Å². The van der Waals surface area contributed by atoms with Crippen LogP contribution in [-0.4, -0.2) is 30.0 Å². The SMILES string of the molecule is CC(=O)N1CCC(Cc2ccc(NC(=O)OCc3ccc(Cl)cc3)cc2)CC1. The number of hydrogen-bond donors (Lipinski definition) is 1. The molecule has 0 atom stereocenters. The molecular formula is C22H25ClN2O3. The molecule has 0 bridgehead atoms. The Hall–Kier alpha value is -2.53. The fraction of sp³-hybridized carbons (Fsp3) is 0.364. The lowest BCUT2D eigenvalue weighted by Crippen LogP contribution is -2.37. The van der Waals surface area contributed by atoms with Crippen molar-refractivity contribution < 1.29 is 14.3 Å². The van der Waals surface area contributed by atoms with Crippen molar-refractivity contribution in [3.05, 3.63) is 64.7 Å². The Morgan fingerprint density at radius 1 is 1.04 bits per heavy atom. The van der Waals surface area contributed by atoms with Crippen molar-refractivity contribution >= 4 is 29.3 Å². The largest absolute Gasteiger partial charge is 0.444 e. The van der Waals surface area contributed by atoms with E-state index in [0.717, 1.165) is 37.9 Å². The number of carbonyl (C=O) groups excluding carboxylic acids is 2. The van der Waals surface area contributed by atoms with E-state index in [0.29, 0.717) is 16.6 Å². The number of likely N-dealkylation sites (tertiary alicyclic amines) is 1. The molecule has 1 aliphatic rings. The van der Waals surface area contributed by atoms with Gasteiger partial charge in [0.2, 0.25) is 5.91 Å². The Balaban J connectivity index is 1.43. The number of hydrogen-bond acceptors (Lipinski definition) is 3. The first-order valence-corrected chi connectivity index (χ1v) is 9.90. The van der Waals surface area contributed by atoms with Gasteiger partial charge < -0.3 is 9.64 Å². The Morgan fingerprint density at radius 2 is 1.64 bits per heavy atom. The Kier molecular flexibility index (Phi) is 6.93. The molecule has 1 N–H and O–H groups in total. The van der Waals surface area contributed by atoms with Crippen LogP contribution in [0.4, 0.5) is 10.5 Å². The molecule has 148 valence electrons. The third kappa shape index (κ3) is 5.99. The highest BCUT2D eigenvalue weighted by Gasteiger charge is 2.20. The van der Waals surface area contributed by atoms with E-state index in [9.17, 15) is 9.59 Å². The highest BCUT2D eigenvalue weighted by molar-refractivity contribution is 6.30. The van der Waals surface area contributed by atoms with Gasteiger partial charge in [0.05, 0.1) is 0 Å². The average Bonchev–Trinajstić information content (AvgIpc) is 2.69. The molecule has 0 saturated carbocycles. The minimum atomic E-state index is -0.487. The first kappa shape index (κ1) is 20.2. The molecule has 0 radical (unpaired) electrons. The first-order chi connectivity index (χ1) is 13.5. The Bertz CT molecular complexity index is 798.